The average Bonchev–Trinajstić information content (AvgIpc) is 3.52. The molecule has 8 heteroatoms. The topological polar surface area (TPSA) is 84.8 Å². The molecule has 2 aromatic heterocycles. The van der Waals surface area contributed by atoms with Crippen molar-refractivity contribution in [2.75, 3.05) is 19.4 Å². The first kappa shape index (κ1) is 22.7. The lowest BCUT2D eigenvalue weighted by atomic mass is 10.1. The van der Waals surface area contributed by atoms with E-state index in [0.29, 0.717) is 17.5 Å². The lowest BCUT2D eigenvalue weighted by Gasteiger charge is -2.11. The summed E-state index contributed by atoms with van der Waals surface area (Å²) in [5, 5.41) is 13.7. The van der Waals surface area contributed by atoms with Gasteiger partial charge in [0.15, 0.2) is 11.0 Å². The Morgan fingerprint density at radius 3 is 2.71 bits per heavy atom. The number of benzene rings is 3. The summed E-state index contributed by atoms with van der Waals surface area (Å²) >= 11 is 1.36. The minimum Gasteiger partial charge on any atom is -0.497 e. The van der Waals surface area contributed by atoms with E-state index in [1.165, 1.54) is 17.3 Å². The van der Waals surface area contributed by atoms with Gasteiger partial charge >= 0.3 is 0 Å². The van der Waals surface area contributed by atoms with Crippen LogP contribution < -0.4 is 10.1 Å². The zero-order chi connectivity index (χ0) is 24.0. The van der Waals surface area contributed by atoms with Crippen LogP contribution >= 0.6 is 11.8 Å². The van der Waals surface area contributed by atoms with Gasteiger partial charge in [-0.2, -0.15) is 0 Å². The van der Waals surface area contributed by atoms with Crippen molar-refractivity contribution in [3.63, 3.8) is 0 Å². The Kier molecular flexibility index (Phi) is 6.81. The molecule has 0 saturated heterocycles. The molecular formula is C27H25N5O2S. The minimum absolute atomic E-state index is 0.0419. The molecule has 2 N–H and O–H groups in total. The highest BCUT2D eigenvalue weighted by molar-refractivity contribution is 7.99. The van der Waals surface area contributed by atoms with E-state index in [1.807, 2.05) is 71.4 Å². The Morgan fingerprint density at radius 2 is 1.86 bits per heavy atom. The zero-order valence-electron chi connectivity index (χ0n) is 19.3. The van der Waals surface area contributed by atoms with E-state index in [1.54, 1.807) is 7.11 Å². The van der Waals surface area contributed by atoms with Crippen LogP contribution in [0.15, 0.2) is 90.2 Å². The zero-order valence-corrected chi connectivity index (χ0v) is 20.1. The normalized spacial score (nSPS) is 11.0. The number of aromatic nitrogens is 4. The molecule has 5 rings (SSSR count). The second-order valence-electron chi connectivity index (χ2n) is 7.97. The summed E-state index contributed by atoms with van der Waals surface area (Å²) in [5.41, 5.74) is 4.02. The molecule has 35 heavy (non-hydrogen) atoms. The number of aromatic amines is 1. The largest absolute Gasteiger partial charge is 0.497 e. The highest BCUT2D eigenvalue weighted by atomic mass is 32.2. The molecule has 0 aliphatic heterocycles. The highest BCUT2D eigenvalue weighted by Gasteiger charge is 2.20. The third-order valence-electron chi connectivity index (χ3n) is 5.69. The second kappa shape index (κ2) is 10.5. The maximum Gasteiger partial charge on any atom is 0.230 e. The van der Waals surface area contributed by atoms with Gasteiger partial charge in [0.2, 0.25) is 5.91 Å². The molecule has 0 unspecified atom stereocenters. The minimum atomic E-state index is -0.0419. The van der Waals surface area contributed by atoms with Gasteiger partial charge < -0.3 is 15.0 Å². The van der Waals surface area contributed by atoms with Crippen LogP contribution in [0.25, 0.3) is 28.0 Å². The van der Waals surface area contributed by atoms with Crippen molar-refractivity contribution >= 4 is 28.6 Å². The fourth-order valence-corrected chi connectivity index (χ4v) is 4.73. The summed E-state index contributed by atoms with van der Waals surface area (Å²) < 4.78 is 7.41. The predicted octanol–water partition coefficient (Wildman–Crippen LogP) is 4.88. The van der Waals surface area contributed by atoms with Gasteiger partial charge in [0.05, 0.1) is 18.6 Å². The molecule has 0 atom stereocenters. The maximum absolute atomic E-state index is 12.6. The Hall–Kier alpha value is -4.04. The molecule has 2 heterocycles. The van der Waals surface area contributed by atoms with Crippen LogP contribution in [0.3, 0.4) is 0 Å². The van der Waals surface area contributed by atoms with Gasteiger partial charge in [0.1, 0.15) is 5.75 Å². The number of carbonyl (C=O) groups excluding carboxylic acids is 1. The summed E-state index contributed by atoms with van der Waals surface area (Å²) in [6.07, 6.45) is 2.73. The van der Waals surface area contributed by atoms with Crippen molar-refractivity contribution in [2.45, 2.75) is 11.6 Å². The fraction of sp³-hybridized carbons (Fsp3) is 0.148. The first-order chi connectivity index (χ1) is 17.2. The van der Waals surface area contributed by atoms with Gasteiger partial charge in [0, 0.05) is 35.3 Å². The van der Waals surface area contributed by atoms with Gasteiger partial charge in [-0.1, -0.05) is 66.4 Å². The summed E-state index contributed by atoms with van der Waals surface area (Å²) in [7, 11) is 1.64. The molecule has 1 amide bonds. The quantitative estimate of drug-likeness (QED) is 0.292. The fourth-order valence-electron chi connectivity index (χ4n) is 3.95. The third-order valence-corrected chi connectivity index (χ3v) is 6.62. The number of hydrogen-bond donors (Lipinski definition) is 2. The van der Waals surface area contributed by atoms with E-state index in [2.05, 4.69) is 38.7 Å². The monoisotopic (exact) mass is 483 g/mol. The number of rotatable bonds is 9. The molecule has 0 spiro atoms. The van der Waals surface area contributed by atoms with Gasteiger partial charge in [-0.15, -0.1) is 10.2 Å². The second-order valence-corrected chi connectivity index (χ2v) is 8.91. The van der Waals surface area contributed by atoms with Crippen LogP contribution in [0.4, 0.5) is 0 Å². The van der Waals surface area contributed by atoms with E-state index in [0.717, 1.165) is 34.3 Å². The number of H-pyrrole nitrogens is 1. The van der Waals surface area contributed by atoms with Gasteiger partial charge in [-0.3, -0.25) is 9.36 Å². The number of hydrogen-bond acceptors (Lipinski definition) is 5. The molecule has 0 aliphatic carbocycles. The lowest BCUT2D eigenvalue weighted by Crippen LogP contribution is -2.27. The summed E-state index contributed by atoms with van der Waals surface area (Å²) in [6.45, 7) is 0.590. The molecule has 3 aromatic carbocycles. The number of fused-ring (bicyclic) bond motifs is 1. The first-order valence-corrected chi connectivity index (χ1v) is 12.3. The highest BCUT2D eigenvalue weighted by Crippen LogP contribution is 2.33. The molecule has 0 bridgehead atoms. The standard InChI is InChI=1S/C27H25N5O2S/c1-34-21-11-7-10-20(16-21)32-26(23-17-29-24-13-6-5-12-22(23)24)30-31-27(32)35-18-25(33)28-15-14-19-8-3-2-4-9-19/h2-13,16-17,29H,14-15,18H2,1H3,(H,28,33). The van der Waals surface area contributed by atoms with Crippen molar-refractivity contribution in [1.82, 2.24) is 25.1 Å². The predicted molar refractivity (Wildman–Crippen MR) is 139 cm³/mol. The number of amides is 1. The van der Waals surface area contributed by atoms with E-state index in [-0.39, 0.29) is 11.7 Å². The summed E-state index contributed by atoms with van der Waals surface area (Å²) in [4.78, 5) is 15.9. The van der Waals surface area contributed by atoms with Gasteiger partial charge in [-0.25, -0.2) is 0 Å². The first-order valence-electron chi connectivity index (χ1n) is 11.3. The molecule has 0 fully saturated rings. The van der Waals surface area contributed by atoms with Crippen LogP contribution in [0, 0.1) is 0 Å². The smallest absolute Gasteiger partial charge is 0.230 e. The number of thioether (sulfide) groups is 1. The van der Waals surface area contributed by atoms with E-state index >= 15 is 0 Å². The van der Waals surface area contributed by atoms with Crippen molar-refractivity contribution in [3.8, 4) is 22.8 Å². The van der Waals surface area contributed by atoms with Crippen LogP contribution in [-0.4, -0.2) is 45.1 Å². The van der Waals surface area contributed by atoms with Gasteiger partial charge in [0.25, 0.3) is 0 Å². The molecule has 0 radical (unpaired) electrons. The maximum atomic E-state index is 12.6. The Morgan fingerprint density at radius 1 is 1.03 bits per heavy atom. The lowest BCUT2D eigenvalue weighted by molar-refractivity contribution is -0.118. The number of para-hydroxylation sites is 1. The van der Waals surface area contributed by atoms with E-state index in [4.69, 9.17) is 4.74 Å². The van der Waals surface area contributed by atoms with Crippen LogP contribution in [0.5, 0.6) is 5.75 Å². The third kappa shape index (κ3) is 5.07. The molecule has 0 aliphatic rings. The number of carbonyl (C=O) groups is 1. The van der Waals surface area contributed by atoms with E-state index in [9.17, 15) is 4.79 Å². The Balaban J connectivity index is 1.39. The van der Waals surface area contributed by atoms with Crippen molar-refractivity contribution in [2.24, 2.45) is 0 Å². The van der Waals surface area contributed by atoms with Crippen LogP contribution in [0.2, 0.25) is 0 Å². The Bertz CT molecular complexity index is 1440. The SMILES string of the molecule is COc1cccc(-n2c(SCC(=O)NCCc3ccccc3)nnc2-c2c[nH]c3ccccc23)c1. The molecule has 5 aromatic rings. The van der Waals surface area contributed by atoms with Crippen molar-refractivity contribution in [3.05, 3.63) is 90.6 Å². The average molecular weight is 484 g/mol. The van der Waals surface area contributed by atoms with Crippen molar-refractivity contribution < 1.29 is 9.53 Å². The number of nitrogens with zero attached hydrogens (tertiary/aromatic N) is 3. The Labute approximate surface area is 207 Å². The summed E-state index contributed by atoms with van der Waals surface area (Å²) in [5.74, 6) is 1.63. The van der Waals surface area contributed by atoms with Crippen LogP contribution in [-0.2, 0) is 11.2 Å². The number of methoxy groups -OCH3 is 1. The molecule has 0 saturated carbocycles. The molecule has 176 valence electrons. The number of ether oxygens (including phenoxy) is 1. The van der Waals surface area contributed by atoms with Crippen molar-refractivity contribution in [1.29, 1.82) is 0 Å². The molecular weight excluding hydrogens is 458 g/mol. The van der Waals surface area contributed by atoms with E-state index < -0.39 is 0 Å². The van der Waals surface area contributed by atoms with Crippen LogP contribution in [0.1, 0.15) is 5.56 Å². The molecule has 7 nitrogen and oxygen atoms in total. The summed E-state index contributed by atoms with van der Waals surface area (Å²) in [6, 6.07) is 25.9. The number of nitrogens with one attached hydrogen (secondary N) is 2. The van der Waals surface area contributed by atoms with Gasteiger partial charge in [-0.05, 0) is 30.2 Å².